The minimum Gasteiger partial charge on any atom is -0.358 e. The Morgan fingerprint density at radius 1 is 1.26 bits per heavy atom. The van der Waals surface area contributed by atoms with Gasteiger partial charge in [0.25, 0.3) is 5.92 Å². The van der Waals surface area contributed by atoms with Crippen molar-refractivity contribution in [3.05, 3.63) is 24.3 Å². The Morgan fingerprint density at radius 2 is 1.87 bits per heavy atom. The number of alkyl halides is 2. The minimum absolute atomic E-state index is 0.145. The van der Waals surface area contributed by atoms with Gasteiger partial charge in [-0.15, -0.1) is 0 Å². The van der Waals surface area contributed by atoms with Crippen LogP contribution in [0, 0.1) is 11.3 Å². The van der Waals surface area contributed by atoms with Crippen LogP contribution in [0.15, 0.2) is 24.3 Å². The van der Waals surface area contributed by atoms with E-state index in [1.54, 1.807) is 0 Å². The van der Waals surface area contributed by atoms with Crippen molar-refractivity contribution < 1.29 is 30.1 Å². The second-order valence-electron chi connectivity index (χ2n) is 6.09. The second-order valence-corrected chi connectivity index (χ2v) is 7.04. The van der Waals surface area contributed by atoms with Crippen LogP contribution in [-0.2, 0) is 15.3 Å². The number of benzene rings is 1. The van der Waals surface area contributed by atoms with Gasteiger partial charge in [-0.1, -0.05) is 3.89 Å². The van der Waals surface area contributed by atoms with Crippen molar-refractivity contribution in [2.75, 3.05) is 5.32 Å². The highest BCUT2D eigenvalue weighted by atomic mass is 32.3. The highest BCUT2D eigenvalue weighted by Crippen LogP contribution is 2.69. The van der Waals surface area contributed by atoms with Crippen LogP contribution in [0.5, 0.6) is 5.75 Å². The summed E-state index contributed by atoms with van der Waals surface area (Å²) in [6, 6.07) is 5.04. The molecule has 9 heteroatoms. The first-order chi connectivity index (χ1) is 10.6. The van der Waals surface area contributed by atoms with Crippen molar-refractivity contribution >= 4 is 22.1 Å². The van der Waals surface area contributed by atoms with E-state index in [9.17, 15) is 25.9 Å². The molecule has 126 valence electrons. The van der Waals surface area contributed by atoms with E-state index in [1.807, 2.05) is 0 Å². The van der Waals surface area contributed by atoms with E-state index in [0.29, 0.717) is 18.5 Å². The fourth-order valence-corrected chi connectivity index (χ4v) is 3.52. The molecule has 2 atom stereocenters. The molecule has 23 heavy (non-hydrogen) atoms. The molecule has 1 spiro atoms. The van der Waals surface area contributed by atoms with Crippen LogP contribution in [0.2, 0.25) is 0 Å². The molecule has 0 aromatic heterocycles. The second kappa shape index (κ2) is 5.12. The van der Waals surface area contributed by atoms with Crippen LogP contribution in [0.3, 0.4) is 0 Å². The number of anilines is 1. The van der Waals surface area contributed by atoms with E-state index in [2.05, 4.69) is 9.50 Å². The Kier molecular flexibility index (Phi) is 3.58. The minimum atomic E-state index is -5.10. The molecular formula is C14H14F3NO4S. The van der Waals surface area contributed by atoms with E-state index in [-0.39, 0.29) is 24.5 Å². The van der Waals surface area contributed by atoms with Gasteiger partial charge < -0.3 is 9.50 Å². The predicted octanol–water partition coefficient (Wildman–Crippen LogP) is 3.04. The number of rotatable bonds is 4. The van der Waals surface area contributed by atoms with Crippen LogP contribution in [0.25, 0.3) is 0 Å². The normalized spacial score (nSPS) is 28.6. The zero-order chi connectivity index (χ0) is 16.9. The Balaban J connectivity index is 1.59. The van der Waals surface area contributed by atoms with E-state index < -0.39 is 27.8 Å². The summed E-state index contributed by atoms with van der Waals surface area (Å²) in [6.45, 7) is 0. The van der Waals surface area contributed by atoms with Crippen LogP contribution < -0.4 is 9.50 Å². The zero-order valence-electron chi connectivity index (χ0n) is 11.9. The Labute approximate surface area is 131 Å². The lowest BCUT2D eigenvalue weighted by molar-refractivity contribution is -0.119. The first-order valence-corrected chi connectivity index (χ1v) is 8.34. The third-order valence-corrected chi connectivity index (χ3v) is 4.90. The van der Waals surface area contributed by atoms with Gasteiger partial charge >= 0.3 is 10.5 Å². The molecule has 0 saturated heterocycles. The van der Waals surface area contributed by atoms with Gasteiger partial charge in [0, 0.05) is 23.4 Å². The fraction of sp³-hybridized carbons (Fsp3) is 0.500. The first kappa shape index (κ1) is 16.1. The van der Waals surface area contributed by atoms with E-state index in [1.165, 1.54) is 24.3 Å². The summed E-state index contributed by atoms with van der Waals surface area (Å²) < 4.78 is 63.7. The summed E-state index contributed by atoms with van der Waals surface area (Å²) in [5.74, 6) is -3.70. The number of amides is 1. The summed E-state index contributed by atoms with van der Waals surface area (Å²) in [6.07, 6.45) is 0.794. The number of carbonyl (C=O) groups excluding carboxylic acids is 1. The number of carbonyl (C=O) groups is 1. The van der Waals surface area contributed by atoms with Crippen LogP contribution >= 0.6 is 0 Å². The molecule has 2 fully saturated rings. The Bertz CT molecular complexity index is 735. The molecule has 1 aromatic rings. The molecule has 0 heterocycles. The molecule has 1 N–H and O–H groups in total. The van der Waals surface area contributed by atoms with Gasteiger partial charge in [0.1, 0.15) is 5.75 Å². The van der Waals surface area contributed by atoms with Gasteiger partial charge in [-0.2, -0.15) is 8.42 Å². The molecular weight excluding hydrogens is 335 g/mol. The SMILES string of the molecule is O=C(Nc1ccc(OS(=O)(=O)F)cc1)C1CCC2(C1)CC2(F)F. The highest BCUT2D eigenvalue weighted by molar-refractivity contribution is 7.81. The van der Waals surface area contributed by atoms with Gasteiger partial charge in [-0.05, 0) is 43.5 Å². The zero-order valence-corrected chi connectivity index (χ0v) is 12.7. The summed E-state index contributed by atoms with van der Waals surface area (Å²) >= 11 is 0. The van der Waals surface area contributed by atoms with E-state index in [4.69, 9.17) is 0 Å². The largest absolute Gasteiger partial charge is 0.488 e. The number of halogens is 3. The lowest BCUT2D eigenvalue weighted by Gasteiger charge is -2.12. The third kappa shape index (κ3) is 3.29. The number of nitrogens with one attached hydrogen (secondary N) is 1. The standard InChI is InChI=1S/C14H14F3NO4S/c15-14(16)8-13(14)6-5-9(7-13)12(19)18-10-1-3-11(4-2-10)22-23(17,20)21/h1-4,9H,5-8H2,(H,18,19). The molecule has 0 bridgehead atoms. The Morgan fingerprint density at radius 3 is 2.35 bits per heavy atom. The monoisotopic (exact) mass is 349 g/mol. The fourth-order valence-electron chi connectivity index (χ4n) is 3.18. The van der Waals surface area contributed by atoms with Gasteiger partial charge in [0.05, 0.1) is 0 Å². The topological polar surface area (TPSA) is 72.5 Å². The van der Waals surface area contributed by atoms with Crippen LogP contribution in [0.1, 0.15) is 25.7 Å². The highest BCUT2D eigenvalue weighted by Gasteiger charge is 2.72. The molecule has 0 aliphatic heterocycles. The quantitative estimate of drug-likeness (QED) is 0.848. The Hall–Kier alpha value is -1.77. The van der Waals surface area contributed by atoms with E-state index >= 15 is 0 Å². The molecule has 5 nitrogen and oxygen atoms in total. The average Bonchev–Trinajstić information content (AvgIpc) is 2.79. The van der Waals surface area contributed by atoms with Gasteiger partial charge in [0.15, 0.2) is 0 Å². The van der Waals surface area contributed by atoms with Crippen molar-refractivity contribution in [2.45, 2.75) is 31.6 Å². The molecule has 1 aromatic carbocycles. The third-order valence-electron chi connectivity index (χ3n) is 4.51. The van der Waals surface area contributed by atoms with Gasteiger partial charge in [-0.3, -0.25) is 4.79 Å². The number of hydrogen-bond acceptors (Lipinski definition) is 4. The maximum Gasteiger partial charge on any atom is 0.488 e. The molecule has 3 rings (SSSR count). The molecule has 1 amide bonds. The van der Waals surface area contributed by atoms with Crippen molar-refractivity contribution in [1.82, 2.24) is 0 Å². The summed E-state index contributed by atoms with van der Waals surface area (Å²) in [4.78, 5) is 12.1. The van der Waals surface area contributed by atoms with Crippen LogP contribution in [-0.4, -0.2) is 20.2 Å². The maximum absolute atomic E-state index is 13.3. The molecule has 2 unspecified atom stereocenters. The maximum atomic E-state index is 13.3. The van der Waals surface area contributed by atoms with Crippen molar-refractivity contribution in [3.63, 3.8) is 0 Å². The van der Waals surface area contributed by atoms with Gasteiger partial charge in [-0.25, -0.2) is 8.78 Å². The molecule has 2 aliphatic rings. The van der Waals surface area contributed by atoms with Crippen molar-refractivity contribution in [3.8, 4) is 5.75 Å². The van der Waals surface area contributed by atoms with Crippen molar-refractivity contribution in [1.29, 1.82) is 0 Å². The average molecular weight is 349 g/mol. The summed E-state index contributed by atoms with van der Waals surface area (Å²) in [5.41, 5.74) is -0.649. The first-order valence-electron chi connectivity index (χ1n) is 7.03. The van der Waals surface area contributed by atoms with Crippen molar-refractivity contribution in [2.24, 2.45) is 11.3 Å². The van der Waals surface area contributed by atoms with E-state index in [0.717, 1.165) is 0 Å². The smallest absolute Gasteiger partial charge is 0.358 e. The molecule has 2 saturated carbocycles. The van der Waals surface area contributed by atoms with Gasteiger partial charge in [0.2, 0.25) is 5.91 Å². The van der Waals surface area contributed by atoms with Crippen LogP contribution in [0.4, 0.5) is 18.4 Å². The molecule has 2 aliphatic carbocycles. The summed E-state index contributed by atoms with van der Waals surface area (Å²) in [7, 11) is -5.10. The lowest BCUT2D eigenvalue weighted by Crippen LogP contribution is -2.21. The lowest BCUT2D eigenvalue weighted by atomic mass is 10.0. The molecule has 0 radical (unpaired) electrons. The number of hydrogen-bond donors (Lipinski definition) is 1. The summed E-state index contributed by atoms with van der Waals surface area (Å²) in [5, 5.41) is 2.58. The predicted molar refractivity (Wildman–Crippen MR) is 75.1 cm³/mol.